The van der Waals surface area contributed by atoms with Gasteiger partial charge in [-0.2, -0.15) is 5.10 Å². The van der Waals surface area contributed by atoms with Gasteiger partial charge in [-0.15, -0.1) is 0 Å². The Kier molecular flexibility index (Phi) is 6.01. The van der Waals surface area contributed by atoms with Gasteiger partial charge in [-0.3, -0.25) is 0 Å². The monoisotopic (exact) mass is 478 g/mol. The number of rotatable bonds is 5. The van der Waals surface area contributed by atoms with Gasteiger partial charge in [0.05, 0.1) is 11.7 Å². The molecule has 1 aromatic heterocycles. The van der Waals surface area contributed by atoms with E-state index in [1.54, 1.807) is 0 Å². The fraction of sp³-hybridized carbons (Fsp3) is 0.696. The fourth-order valence-electron chi connectivity index (χ4n) is 4.44. The molecule has 2 atom stereocenters. The molecular weight excluding hydrogens is 444 g/mol. The van der Waals surface area contributed by atoms with E-state index in [0.717, 1.165) is 38.9 Å². The molecule has 2 aliphatic rings. The number of hydrogen-bond acceptors (Lipinski definition) is 3. The van der Waals surface area contributed by atoms with Crippen molar-refractivity contribution in [2.45, 2.75) is 89.6 Å². The van der Waals surface area contributed by atoms with Crippen molar-refractivity contribution in [2.75, 3.05) is 13.2 Å². The molecule has 0 spiro atoms. The maximum atomic E-state index is 6.47. The summed E-state index contributed by atoms with van der Waals surface area (Å²) >= 11 is 3.95. The molecule has 2 unspecified atom stereocenters. The summed E-state index contributed by atoms with van der Waals surface area (Å²) in [7, 11) is -1.68. The summed E-state index contributed by atoms with van der Waals surface area (Å²) in [4.78, 5) is 0. The van der Waals surface area contributed by atoms with Crippen molar-refractivity contribution in [1.82, 2.24) is 9.78 Å². The molecule has 1 saturated heterocycles. The second kappa shape index (κ2) is 8.10. The van der Waals surface area contributed by atoms with Crippen molar-refractivity contribution in [3.05, 3.63) is 27.9 Å². The molecule has 6 heteroatoms. The summed E-state index contributed by atoms with van der Waals surface area (Å²) in [6, 6.07) is 2.37. The quantitative estimate of drug-likeness (QED) is 0.436. The first-order chi connectivity index (χ1) is 13.7. The smallest absolute Gasteiger partial charge is 0.191 e. The van der Waals surface area contributed by atoms with Crippen LogP contribution in [0.5, 0.6) is 0 Å². The topological polar surface area (TPSA) is 36.3 Å². The van der Waals surface area contributed by atoms with Gasteiger partial charge in [-0.1, -0.05) is 20.8 Å². The van der Waals surface area contributed by atoms with Gasteiger partial charge in [-0.25, -0.2) is 4.68 Å². The summed E-state index contributed by atoms with van der Waals surface area (Å²) in [6.45, 7) is 13.3. The minimum absolute atomic E-state index is 0.0846. The number of nitrogens with zero attached hydrogens (tertiary/aromatic N) is 2. The number of aromatic nitrogens is 2. The molecule has 0 bridgehead atoms. The van der Waals surface area contributed by atoms with Crippen LogP contribution in [0.25, 0.3) is 10.9 Å². The Balaban J connectivity index is 1.54. The van der Waals surface area contributed by atoms with Gasteiger partial charge >= 0.3 is 0 Å². The van der Waals surface area contributed by atoms with Gasteiger partial charge < -0.3 is 9.16 Å². The van der Waals surface area contributed by atoms with Crippen LogP contribution in [-0.2, 0) is 15.6 Å². The number of benzene rings is 1. The highest BCUT2D eigenvalue weighted by Crippen LogP contribution is 2.45. The van der Waals surface area contributed by atoms with E-state index in [1.165, 1.54) is 39.3 Å². The predicted octanol–water partition coefficient (Wildman–Crippen LogP) is 6.94. The minimum Gasteiger partial charge on any atom is -0.417 e. The van der Waals surface area contributed by atoms with Crippen LogP contribution in [0, 0.1) is 0 Å². The molecule has 2 heterocycles. The largest absolute Gasteiger partial charge is 0.417 e. The van der Waals surface area contributed by atoms with Gasteiger partial charge in [-0.05, 0) is 95.7 Å². The van der Waals surface area contributed by atoms with Crippen molar-refractivity contribution < 1.29 is 9.16 Å². The van der Waals surface area contributed by atoms with E-state index in [4.69, 9.17) is 14.3 Å². The van der Waals surface area contributed by atoms with E-state index < -0.39 is 8.32 Å². The lowest BCUT2D eigenvalue weighted by molar-refractivity contribution is -0.0366. The molecule has 4 rings (SSSR count). The first kappa shape index (κ1) is 21.5. The zero-order valence-corrected chi connectivity index (χ0v) is 21.1. The molecule has 1 aliphatic heterocycles. The number of halogens is 1. The van der Waals surface area contributed by atoms with Crippen LogP contribution >= 0.6 is 15.9 Å². The van der Waals surface area contributed by atoms with Crippen LogP contribution in [0.15, 0.2) is 16.7 Å². The highest BCUT2D eigenvalue weighted by molar-refractivity contribution is 9.10. The number of fused-ring (bicyclic) bond motifs is 2. The maximum absolute atomic E-state index is 6.47. The van der Waals surface area contributed by atoms with Gasteiger partial charge in [0.1, 0.15) is 0 Å². The summed E-state index contributed by atoms with van der Waals surface area (Å²) in [5.74, 6) is 0.572. The second-order valence-electron chi connectivity index (χ2n) is 10.2. The van der Waals surface area contributed by atoms with Gasteiger partial charge in [0.15, 0.2) is 14.5 Å². The molecule has 1 aromatic carbocycles. The van der Waals surface area contributed by atoms with Crippen LogP contribution in [-0.4, -0.2) is 31.3 Å². The number of hydrogen-bond donors (Lipinski definition) is 0. The molecular formula is C23H35BrN2O2Si. The van der Waals surface area contributed by atoms with Crippen molar-refractivity contribution in [1.29, 1.82) is 0 Å². The summed E-state index contributed by atoms with van der Waals surface area (Å²) in [5, 5.41) is 6.19. The van der Waals surface area contributed by atoms with E-state index in [0.29, 0.717) is 5.92 Å². The maximum Gasteiger partial charge on any atom is 0.191 e. The third kappa shape index (κ3) is 4.10. The summed E-state index contributed by atoms with van der Waals surface area (Å²) in [6.07, 6.45) is 8.99. The van der Waals surface area contributed by atoms with Crippen molar-refractivity contribution in [3.8, 4) is 0 Å². The lowest BCUT2D eigenvalue weighted by atomic mass is 9.97. The van der Waals surface area contributed by atoms with E-state index >= 15 is 0 Å². The molecule has 160 valence electrons. The summed E-state index contributed by atoms with van der Waals surface area (Å²) in [5.41, 5.74) is 4.17. The molecule has 1 fully saturated rings. The molecule has 0 N–H and O–H groups in total. The normalized spacial score (nSPS) is 23.0. The SMILES string of the molecule is CC(C)(C)[Si](C)(C)OCCC1CCc2cc3c(cnn3C3CCCCO3)c(Br)c21. The van der Waals surface area contributed by atoms with E-state index in [2.05, 4.69) is 60.5 Å². The standard InChI is InChI=1S/C23H35BrN2O2Si/c1-23(2,3)29(4,5)28-13-11-16-9-10-17-14-19-18(22(24)21(16)17)15-25-26(19)20-8-6-7-12-27-20/h14-16,20H,6-13H2,1-5H3. The molecule has 29 heavy (non-hydrogen) atoms. The fourth-order valence-corrected chi connectivity index (χ4v) is 6.39. The summed E-state index contributed by atoms with van der Waals surface area (Å²) < 4.78 is 15.8. The van der Waals surface area contributed by atoms with Crippen LogP contribution < -0.4 is 0 Å². The Hall–Kier alpha value is -0.693. The average molecular weight is 480 g/mol. The zero-order valence-electron chi connectivity index (χ0n) is 18.6. The Bertz CT molecular complexity index is 881. The molecule has 2 aromatic rings. The first-order valence-corrected chi connectivity index (χ1v) is 14.8. The van der Waals surface area contributed by atoms with Crippen molar-refractivity contribution in [3.63, 3.8) is 0 Å². The molecule has 4 nitrogen and oxygen atoms in total. The van der Waals surface area contributed by atoms with E-state index in [-0.39, 0.29) is 11.3 Å². The Morgan fingerprint density at radius 2 is 2.07 bits per heavy atom. The highest BCUT2D eigenvalue weighted by Gasteiger charge is 2.37. The second-order valence-corrected chi connectivity index (χ2v) is 15.8. The third-order valence-corrected chi connectivity index (χ3v) is 12.7. The lowest BCUT2D eigenvalue weighted by Gasteiger charge is -2.36. The first-order valence-electron chi connectivity index (χ1n) is 11.1. The average Bonchev–Trinajstić information content (AvgIpc) is 3.26. The molecule has 0 radical (unpaired) electrons. The Labute approximate surface area is 184 Å². The number of ether oxygens (including phenoxy) is 1. The molecule has 1 aliphatic carbocycles. The lowest BCUT2D eigenvalue weighted by Crippen LogP contribution is -2.41. The van der Waals surface area contributed by atoms with E-state index in [9.17, 15) is 0 Å². The molecule has 0 saturated carbocycles. The van der Waals surface area contributed by atoms with Crippen LogP contribution in [0.3, 0.4) is 0 Å². The highest BCUT2D eigenvalue weighted by atomic mass is 79.9. The van der Waals surface area contributed by atoms with Gasteiger partial charge in [0.25, 0.3) is 0 Å². The van der Waals surface area contributed by atoms with Crippen molar-refractivity contribution in [2.24, 2.45) is 0 Å². The Morgan fingerprint density at radius 3 is 2.76 bits per heavy atom. The van der Waals surface area contributed by atoms with Crippen LogP contribution in [0.2, 0.25) is 18.1 Å². The van der Waals surface area contributed by atoms with Gasteiger partial charge in [0.2, 0.25) is 0 Å². The Morgan fingerprint density at radius 1 is 1.28 bits per heavy atom. The molecule has 0 amide bonds. The van der Waals surface area contributed by atoms with Crippen molar-refractivity contribution >= 4 is 35.2 Å². The van der Waals surface area contributed by atoms with Gasteiger partial charge in [0, 0.05) is 23.1 Å². The number of aryl methyl sites for hydroxylation is 1. The minimum atomic E-state index is -1.68. The van der Waals surface area contributed by atoms with Crippen LogP contribution in [0.1, 0.15) is 76.1 Å². The zero-order chi connectivity index (χ0) is 20.8. The third-order valence-electron chi connectivity index (χ3n) is 7.30. The van der Waals surface area contributed by atoms with Crippen LogP contribution in [0.4, 0.5) is 0 Å². The predicted molar refractivity (Wildman–Crippen MR) is 125 cm³/mol. The van der Waals surface area contributed by atoms with E-state index in [1.807, 2.05) is 6.20 Å².